The molecule has 2 unspecified atom stereocenters. The predicted octanol–water partition coefficient (Wildman–Crippen LogP) is 1.52. The number of hydrogen-bond acceptors (Lipinski definition) is 5. The fourth-order valence-electron chi connectivity index (χ4n) is 1.65. The maximum Gasteiger partial charge on any atom is 0.237 e. The average molecular weight is 430 g/mol. The summed E-state index contributed by atoms with van der Waals surface area (Å²) in [5.74, 6) is 0.196. The summed E-state index contributed by atoms with van der Waals surface area (Å²) in [6, 6.07) is 6.57. The number of ether oxygens (including phenoxy) is 1. The third-order valence-electron chi connectivity index (χ3n) is 2.86. The number of benzene rings is 1. The monoisotopic (exact) mass is 428 g/mol. The number of para-hydroxylation sites is 1. The van der Waals surface area contributed by atoms with Crippen LogP contribution in [0.1, 0.15) is 13.3 Å². The summed E-state index contributed by atoms with van der Waals surface area (Å²) < 4.78 is 28.6. The van der Waals surface area contributed by atoms with Gasteiger partial charge < -0.3 is 15.8 Å². The van der Waals surface area contributed by atoms with Crippen molar-refractivity contribution in [1.29, 1.82) is 0 Å². The Labute approximate surface area is 151 Å². The highest BCUT2D eigenvalue weighted by molar-refractivity contribution is 9.10. The highest BCUT2D eigenvalue weighted by Crippen LogP contribution is 2.24. The van der Waals surface area contributed by atoms with Crippen LogP contribution in [-0.2, 0) is 14.6 Å². The smallest absolute Gasteiger partial charge is 0.237 e. The maximum atomic E-state index is 11.8. The third kappa shape index (κ3) is 9.14. The molecule has 6 nitrogen and oxygen atoms in total. The molecule has 0 radical (unpaired) electrons. The van der Waals surface area contributed by atoms with Crippen LogP contribution in [0.25, 0.3) is 0 Å². The Bertz CT molecular complexity index is 613. The SMILES string of the molecule is CC(CNC(=O)C(N)CCS(C)(=O)=O)Oc1ccccc1Br.Cl. The van der Waals surface area contributed by atoms with Crippen molar-refractivity contribution >= 4 is 44.1 Å². The number of nitrogens with one attached hydrogen (secondary N) is 1. The molecule has 1 aromatic rings. The van der Waals surface area contributed by atoms with Crippen LogP contribution in [0.2, 0.25) is 0 Å². The van der Waals surface area contributed by atoms with Gasteiger partial charge in [0.05, 0.1) is 22.8 Å². The molecule has 0 saturated carbocycles. The van der Waals surface area contributed by atoms with Gasteiger partial charge in [-0.15, -0.1) is 12.4 Å². The standard InChI is InChI=1S/C14H21BrN2O4S.ClH/c1-10(21-13-6-4-3-5-11(13)15)9-17-14(18)12(16)7-8-22(2,19)20;/h3-6,10,12H,7-9,16H2,1-2H3,(H,17,18);1H. The van der Waals surface area contributed by atoms with Crippen LogP contribution in [0.15, 0.2) is 28.7 Å². The number of hydrogen-bond donors (Lipinski definition) is 2. The van der Waals surface area contributed by atoms with E-state index in [2.05, 4.69) is 21.2 Å². The Morgan fingerprint density at radius 2 is 2.00 bits per heavy atom. The number of rotatable bonds is 8. The van der Waals surface area contributed by atoms with Crippen LogP contribution in [0.5, 0.6) is 5.75 Å². The molecule has 1 aromatic carbocycles. The van der Waals surface area contributed by atoms with E-state index in [0.717, 1.165) is 10.7 Å². The Balaban J connectivity index is 0.00000484. The summed E-state index contributed by atoms with van der Waals surface area (Å²) in [6.45, 7) is 2.11. The molecule has 0 saturated heterocycles. The lowest BCUT2D eigenvalue weighted by Crippen LogP contribution is -2.44. The summed E-state index contributed by atoms with van der Waals surface area (Å²) in [5.41, 5.74) is 5.66. The zero-order valence-electron chi connectivity index (χ0n) is 13.0. The molecule has 0 aliphatic heterocycles. The van der Waals surface area contributed by atoms with Gasteiger partial charge in [-0.05, 0) is 41.4 Å². The van der Waals surface area contributed by atoms with E-state index >= 15 is 0 Å². The van der Waals surface area contributed by atoms with Crippen molar-refractivity contribution in [2.45, 2.75) is 25.5 Å². The minimum absolute atomic E-state index is 0. The largest absolute Gasteiger partial charge is 0.488 e. The molecule has 1 rings (SSSR count). The molecule has 2 atom stereocenters. The summed E-state index contributed by atoms with van der Waals surface area (Å²) in [7, 11) is -3.12. The normalized spacial score (nSPS) is 13.6. The van der Waals surface area contributed by atoms with E-state index in [1.807, 2.05) is 31.2 Å². The molecule has 132 valence electrons. The first kappa shape index (κ1) is 22.2. The van der Waals surface area contributed by atoms with Gasteiger partial charge in [-0.25, -0.2) is 8.42 Å². The first-order valence-corrected chi connectivity index (χ1v) is 9.66. The molecular formula is C14H22BrClN2O4S. The second kappa shape index (κ2) is 10.1. The number of carbonyl (C=O) groups is 1. The number of sulfone groups is 1. The first-order chi connectivity index (χ1) is 10.2. The maximum absolute atomic E-state index is 11.8. The molecule has 9 heteroatoms. The molecule has 0 spiro atoms. The van der Waals surface area contributed by atoms with E-state index in [1.165, 1.54) is 0 Å². The fourth-order valence-corrected chi connectivity index (χ4v) is 2.71. The lowest BCUT2D eigenvalue weighted by molar-refractivity contribution is -0.122. The van der Waals surface area contributed by atoms with Crippen LogP contribution in [0, 0.1) is 0 Å². The van der Waals surface area contributed by atoms with Crippen molar-refractivity contribution in [2.75, 3.05) is 18.6 Å². The van der Waals surface area contributed by atoms with Gasteiger partial charge >= 0.3 is 0 Å². The minimum Gasteiger partial charge on any atom is -0.488 e. The van der Waals surface area contributed by atoms with E-state index in [4.69, 9.17) is 10.5 Å². The predicted molar refractivity (Wildman–Crippen MR) is 96.8 cm³/mol. The molecule has 0 aliphatic carbocycles. The van der Waals surface area contributed by atoms with Crippen molar-refractivity contribution in [3.63, 3.8) is 0 Å². The van der Waals surface area contributed by atoms with Crippen molar-refractivity contribution in [3.8, 4) is 5.75 Å². The topological polar surface area (TPSA) is 98.5 Å². The van der Waals surface area contributed by atoms with Gasteiger partial charge in [0.15, 0.2) is 0 Å². The van der Waals surface area contributed by atoms with Crippen LogP contribution in [-0.4, -0.2) is 45.0 Å². The zero-order valence-corrected chi connectivity index (χ0v) is 16.2. The van der Waals surface area contributed by atoms with Gasteiger partial charge in [0.2, 0.25) is 5.91 Å². The highest BCUT2D eigenvalue weighted by atomic mass is 79.9. The molecule has 0 bridgehead atoms. The molecule has 23 heavy (non-hydrogen) atoms. The molecule has 3 N–H and O–H groups in total. The lowest BCUT2D eigenvalue weighted by Gasteiger charge is -2.18. The second-order valence-corrected chi connectivity index (χ2v) is 8.24. The van der Waals surface area contributed by atoms with E-state index in [-0.39, 0.29) is 43.1 Å². The van der Waals surface area contributed by atoms with Crippen molar-refractivity contribution in [2.24, 2.45) is 5.73 Å². The van der Waals surface area contributed by atoms with Crippen LogP contribution >= 0.6 is 28.3 Å². The second-order valence-electron chi connectivity index (χ2n) is 5.13. The average Bonchev–Trinajstić information content (AvgIpc) is 2.44. The summed E-state index contributed by atoms with van der Waals surface area (Å²) in [6.07, 6.45) is 0.972. The van der Waals surface area contributed by atoms with Gasteiger partial charge in [-0.2, -0.15) is 0 Å². The van der Waals surface area contributed by atoms with Gasteiger partial charge in [-0.1, -0.05) is 12.1 Å². The van der Waals surface area contributed by atoms with E-state index in [0.29, 0.717) is 5.75 Å². The minimum atomic E-state index is -3.12. The van der Waals surface area contributed by atoms with Gasteiger partial charge in [0.25, 0.3) is 0 Å². The first-order valence-electron chi connectivity index (χ1n) is 6.81. The van der Waals surface area contributed by atoms with Gasteiger partial charge in [0.1, 0.15) is 21.7 Å². The Morgan fingerprint density at radius 3 is 2.57 bits per heavy atom. The van der Waals surface area contributed by atoms with Crippen LogP contribution in [0.3, 0.4) is 0 Å². The number of halogens is 2. The van der Waals surface area contributed by atoms with Gasteiger partial charge in [-0.3, -0.25) is 4.79 Å². The summed E-state index contributed by atoms with van der Waals surface area (Å²) >= 11 is 3.38. The summed E-state index contributed by atoms with van der Waals surface area (Å²) in [4.78, 5) is 11.8. The quantitative estimate of drug-likeness (QED) is 0.653. The number of amides is 1. The van der Waals surface area contributed by atoms with E-state index in [9.17, 15) is 13.2 Å². The lowest BCUT2D eigenvalue weighted by atomic mass is 10.2. The zero-order chi connectivity index (χ0) is 16.8. The fraction of sp³-hybridized carbons (Fsp3) is 0.500. The Morgan fingerprint density at radius 1 is 1.39 bits per heavy atom. The van der Waals surface area contributed by atoms with Gasteiger partial charge in [0, 0.05) is 6.26 Å². The van der Waals surface area contributed by atoms with Crippen LogP contribution in [0.4, 0.5) is 0 Å². The Hall–Kier alpha value is -0.830. The molecule has 1 amide bonds. The van der Waals surface area contributed by atoms with E-state index < -0.39 is 15.9 Å². The molecule has 0 aromatic heterocycles. The van der Waals surface area contributed by atoms with Crippen molar-refractivity contribution < 1.29 is 17.9 Å². The highest BCUT2D eigenvalue weighted by Gasteiger charge is 2.17. The molecule has 0 fully saturated rings. The number of carbonyl (C=O) groups excluding carboxylic acids is 1. The molecule has 0 aliphatic rings. The molecular weight excluding hydrogens is 408 g/mol. The third-order valence-corrected chi connectivity index (χ3v) is 4.50. The molecule has 0 heterocycles. The van der Waals surface area contributed by atoms with Crippen molar-refractivity contribution in [1.82, 2.24) is 5.32 Å². The summed E-state index contributed by atoms with van der Waals surface area (Å²) in [5, 5.41) is 2.66. The van der Waals surface area contributed by atoms with Crippen molar-refractivity contribution in [3.05, 3.63) is 28.7 Å². The van der Waals surface area contributed by atoms with E-state index in [1.54, 1.807) is 0 Å². The van der Waals surface area contributed by atoms with Crippen LogP contribution < -0.4 is 15.8 Å². The number of nitrogens with two attached hydrogens (primary N) is 1. The Kier molecular flexibility index (Phi) is 9.76.